The Bertz CT molecular complexity index is 401. The van der Waals surface area contributed by atoms with Crippen LogP contribution >= 0.6 is 0 Å². The van der Waals surface area contributed by atoms with Crippen LogP contribution in [0.1, 0.15) is 34.6 Å². The van der Waals surface area contributed by atoms with E-state index in [9.17, 15) is 14.7 Å². The summed E-state index contributed by atoms with van der Waals surface area (Å²) in [5.74, 6) is -1.77. The second-order valence-corrected chi connectivity index (χ2v) is 3.74. The van der Waals surface area contributed by atoms with Crippen molar-refractivity contribution in [2.75, 3.05) is 0 Å². The highest BCUT2D eigenvalue weighted by Crippen LogP contribution is 2.16. The number of hydrogen-bond acceptors (Lipinski definition) is 3. The molecule has 0 aliphatic carbocycles. The topological polar surface area (TPSA) is 74.6 Å². The van der Waals surface area contributed by atoms with E-state index in [2.05, 4.69) is 0 Å². The molecular weight excluding hydrogens is 196 g/mol. The van der Waals surface area contributed by atoms with Crippen molar-refractivity contribution in [3.8, 4) is 0 Å². The fourth-order valence-corrected chi connectivity index (χ4v) is 1.20. The monoisotopic (exact) mass is 208 g/mol. The highest BCUT2D eigenvalue weighted by molar-refractivity contribution is 6.09. The fraction of sp³-hybridized carbons (Fsp3) is 0.273. The minimum atomic E-state index is -1.56. The maximum Gasteiger partial charge on any atom is 0.336 e. The zero-order chi connectivity index (χ0) is 11.6. The summed E-state index contributed by atoms with van der Waals surface area (Å²) in [5.41, 5.74) is -1.63. The van der Waals surface area contributed by atoms with Crippen molar-refractivity contribution in [2.24, 2.45) is 0 Å². The fourth-order valence-electron chi connectivity index (χ4n) is 1.20. The molecule has 1 aromatic rings. The molecule has 4 nitrogen and oxygen atoms in total. The Labute approximate surface area is 87.2 Å². The SMILES string of the molecule is CC(C)(O)C(=O)c1ccccc1C(=O)O. The first-order chi connectivity index (χ1) is 6.84. The molecule has 0 atom stereocenters. The summed E-state index contributed by atoms with van der Waals surface area (Å²) in [4.78, 5) is 22.5. The number of Topliss-reactive ketones (excluding diaryl/α,β-unsaturated/α-hetero) is 1. The second-order valence-electron chi connectivity index (χ2n) is 3.74. The molecule has 0 radical (unpaired) electrons. The molecule has 0 spiro atoms. The molecule has 0 fully saturated rings. The van der Waals surface area contributed by atoms with Gasteiger partial charge in [-0.25, -0.2) is 4.79 Å². The Morgan fingerprint density at radius 3 is 2.00 bits per heavy atom. The van der Waals surface area contributed by atoms with Crippen LogP contribution in [0.25, 0.3) is 0 Å². The van der Waals surface area contributed by atoms with E-state index >= 15 is 0 Å². The van der Waals surface area contributed by atoms with Gasteiger partial charge >= 0.3 is 5.97 Å². The summed E-state index contributed by atoms with van der Waals surface area (Å²) >= 11 is 0. The first kappa shape index (κ1) is 11.4. The zero-order valence-corrected chi connectivity index (χ0v) is 8.52. The molecule has 0 amide bonds. The minimum Gasteiger partial charge on any atom is -0.478 e. The van der Waals surface area contributed by atoms with E-state index in [-0.39, 0.29) is 11.1 Å². The van der Waals surface area contributed by atoms with Gasteiger partial charge in [-0.3, -0.25) is 4.79 Å². The number of hydrogen-bond donors (Lipinski definition) is 2. The van der Waals surface area contributed by atoms with Gasteiger partial charge in [0.25, 0.3) is 0 Å². The van der Waals surface area contributed by atoms with Gasteiger partial charge in [-0.15, -0.1) is 0 Å². The van der Waals surface area contributed by atoms with Crippen LogP contribution in [0.15, 0.2) is 24.3 Å². The molecule has 4 heteroatoms. The van der Waals surface area contributed by atoms with Crippen molar-refractivity contribution < 1.29 is 19.8 Å². The van der Waals surface area contributed by atoms with Gasteiger partial charge in [-0.1, -0.05) is 18.2 Å². The molecule has 0 unspecified atom stereocenters. The smallest absolute Gasteiger partial charge is 0.336 e. The maximum absolute atomic E-state index is 11.7. The van der Waals surface area contributed by atoms with Gasteiger partial charge < -0.3 is 10.2 Å². The summed E-state index contributed by atoms with van der Waals surface area (Å²) in [6, 6.07) is 5.82. The molecule has 0 saturated heterocycles. The number of carbonyl (C=O) groups is 2. The number of carboxylic acid groups (broad SMARTS) is 1. The van der Waals surface area contributed by atoms with E-state index in [0.717, 1.165) is 0 Å². The lowest BCUT2D eigenvalue weighted by Crippen LogP contribution is -2.32. The first-order valence-corrected chi connectivity index (χ1v) is 4.43. The van der Waals surface area contributed by atoms with E-state index < -0.39 is 17.4 Å². The van der Waals surface area contributed by atoms with Crippen LogP contribution in [-0.4, -0.2) is 27.6 Å². The molecule has 0 aliphatic rings. The van der Waals surface area contributed by atoms with Crippen LogP contribution in [0, 0.1) is 0 Å². The third kappa shape index (κ3) is 2.41. The summed E-state index contributed by atoms with van der Waals surface area (Å²) < 4.78 is 0. The Morgan fingerprint density at radius 2 is 1.60 bits per heavy atom. The third-order valence-electron chi connectivity index (χ3n) is 1.96. The number of rotatable bonds is 3. The van der Waals surface area contributed by atoms with E-state index in [0.29, 0.717) is 0 Å². The van der Waals surface area contributed by atoms with E-state index in [4.69, 9.17) is 5.11 Å². The van der Waals surface area contributed by atoms with E-state index in [1.54, 1.807) is 6.07 Å². The second kappa shape index (κ2) is 3.82. The Kier molecular flexibility index (Phi) is 2.90. The van der Waals surface area contributed by atoms with Gasteiger partial charge in [-0.2, -0.15) is 0 Å². The largest absolute Gasteiger partial charge is 0.478 e. The van der Waals surface area contributed by atoms with E-state index in [1.807, 2.05) is 0 Å². The van der Waals surface area contributed by atoms with Crippen molar-refractivity contribution >= 4 is 11.8 Å². The normalized spacial score (nSPS) is 11.1. The Morgan fingerprint density at radius 1 is 1.13 bits per heavy atom. The number of aliphatic hydroxyl groups is 1. The standard InChI is InChI=1S/C11H12O4/c1-11(2,15)9(12)7-5-3-4-6-8(7)10(13)14/h3-6,15H,1-2H3,(H,13,14). The lowest BCUT2D eigenvalue weighted by atomic mass is 9.93. The minimum absolute atomic E-state index is 0.0255. The van der Waals surface area contributed by atoms with Gasteiger partial charge in [-0.05, 0) is 19.9 Å². The number of benzene rings is 1. The number of carboxylic acids is 1. The molecular formula is C11H12O4. The average molecular weight is 208 g/mol. The number of carbonyl (C=O) groups excluding carboxylic acids is 1. The molecule has 0 aromatic heterocycles. The molecule has 80 valence electrons. The Hall–Kier alpha value is -1.68. The predicted octanol–water partition coefficient (Wildman–Crippen LogP) is 1.34. The molecule has 0 saturated carbocycles. The summed E-state index contributed by atoms with van der Waals surface area (Å²) in [7, 11) is 0. The number of aromatic carboxylic acids is 1. The van der Waals surface area contributed by atoms with Gasteiger partial charge in [0.1, 0.15) is 5.60 Å². The molecule has 0 aliphatic heterocycles. The summed E-state index contributed by atoms with van der Waals surface area (Å²) in [6.07, 6.45) is 0. The van der Waals surface area contributed by atoms with Crippen molar-refractivity contribution in [3.63, 3.8) is 0 Å². The van der Waals surface area contributed by atoms with Gasteiger partial charge in [0.2, 0.25) is 0 Å². The molecule has 0 heterocycles. The van der Waals surface area contributed by atoms with Crippen LogP contribution in [0.5, 0.6) is 0 Å². The van der Waals surface area contributed by atoms with Gasteiger partial charge in [0, 0.05) is 5.56 Å². The predicted molar refractivity (Wildman–Crippen MR) is 54.0 cm³/mol. The van der Waals surface area contributed by atoms with Crippen molar-refractivity contribution in [2.45, 2.75) is 19.4 Å². The first-order valence-electron chi connectivity index (χ1n) is 4.43. The van der Waals surface area contributed by atoms with Crippen LogP contribution in [-0.2, 0) is 0 Å². The zero-order valence-electron chi connectivity index (χ0n) is 8.52. The van der Waals surface area contributed by atoms with Crippen molar-refractivity contribution in [1.29, 1.82) is 0 Å². The molecule has 1 rings (SSSR count). The highest BCUT2D eigenvalue weighted by Gasteiger charge is 2.28. The van der Waals surface area contributed by atoms with Crippen molar-refractivity contribution in [1.82, 2.24) is 0 Å². The summed E-state index contributed by atoms with van der Waals surface area (Å²) in [6.45, 7) is 2.65. The van der Waals surface area contributed by atoms with Crippen LogP contribution in [0.2, 0.25) is 0 Å². The molecule has 15 heavy (non-hydrogen) atoms. The van der Waals surface area contributed by atoms with Gasteiger partial charge in [0.15, 0.2) is 5.78 Å². The van der Waals surface area contributed by atoms with Crippen molar-refractivity contribution in [3.05, 3.63) is 35.4 Å². The molecule has 1 aromatic carbocycles. The molecule has 2 N–H and O–H groups in total. The van der Waals surface area contributed by atoms with E-state index in [1.165, 1.54) is 32.0 Å². The van der Waals surface area contributed by atoms with Crippen LogP contribution < -0.4 is 0 Å². The van der Waals surface area contributed by atoms with Crippen LogP contribution in [0.4, 0.5) is 0 Å². The highest BCUT2D eigenvalue weighted by atomic mass is 16.4. The number of ketones is 1. The van der Waals surface area contributed by atoms with Crippen LogP contribution in [0.3, 0.4) is 0 Å². The lowest BCUT2D eigenvalue weighted by molar-refractivity contribution is 0.0482. The average Bonchev–Trinajstić information content (AvgIpc) is 2.15. The Balaban J connectivity index is 3.26. The third-order valence-corrected chi connectivity index (χ3v) is 1.96. The summed E-state index contributed by atoms with van der Waals surface area (Å²) in [5, 5.41) is 18.3. The quantitative estimate of drug-likeness (QED) is 0.735. The lowest BCUT2D eigenvalue weighted by Gasteiger charge is -2.16. The molecule has 0 bridgehead atoms. The maximum atomic E-state index is 11.7. The van der Waals surface area contributed by atoms with Gasteiger partial charge in [0.05, 0.1) is 5.56 Å².